The molecule has 0 fully saturated rings. The van der Waals surface area contributed by atoms with Crippen molar-refractivity contribution in [3.63, 3.8) is 0 Å². The van der Waals surface area contributed by atoms with Crippen molar-refractivity contribution in [2.45, 2.75) is 31.8 Å². The van der Waals surface area contributed by atoms with Crippen LogP contribution in [0.1, 0.15) is 19.4 Å². The largest absolute Gasteiger partial charge is 0.303 e. The van der Waals surface area contributed by atoms with E-state index in [2.05, 4.69) is 44.3 Å². The van der Waals surface area contributed by atoms with Crippen molar-refractivity contribution >= 4 is 11.6 Å². The summed E-state index contributed by atoms with van der Waals surface area (Å²) in [7, 11) is 4.12. The Morgan fingerprint density at radius 2 is 2.06 bits per heavy atom. The summed E-state index contributed by atoms with van der Waals surface area (Å²) < 4.78 is 0. The standard InChI is InChI=1S/C13H22ClN3/c1-13(2,17(3)4)12(16-15)9-10-6-5-7-11(14)8-10/h5-8,12,16H,9,15H2,1-4H3. The van der Waals surface area contributed by atoms with E-state index in [4.69, 9.17) is 17.4 Å². The van der Waals surface area contributed by atoms with Crippen LogP contribution in [-0.4, -0.2) is 30.6 Å². The van der Waals surface area contributed by atoms with Gasteiger partial charge in [0.2, 0.25) is 0 Å². The molecular weight excluding hydrogens is 234 g/mol. The molecule has 0 aliphatic carbocycles. The third kappa shape index (κ3) is 3.68. The third-order valence-corrected chi connectivity index (χ3v) is 3.77. The van der Waals surface area contributed by atoms with Crippen LogP contribution in [-0.2, 0) is 6.42 Å². The lowest BCUT2D eigenvalue weighted by atomic mass is 9.88. The Bertz CT molecular complexity index is 363. The average Bonchev–Trinajstić information content (AvgIpc) is 2.25. The lowest BCUT2D eigenvalue weighted by molar-refractivity contribution is 0.137. The van der Waals surface area contributed by atoms with Crippen LogP contribution >= 0.6 is 11.6 Å². The second-order valence-electron chi connectivity index (χ2n) is 5.10. The summed E-state index contributed by atoms with van der Waals surface area (Å²) in [6, 6.07) is 8.07. The predicted molar refractivity (Wildman–Crippen MR) is 74.0 cm³/mol. The first-order chi connectivity index (χ1) is 7.87. The van der Waals surface area contributed by atoms with Gasteiger partial charge in [-0.25, -0.2) is 0 Å². The van der Waals surface area contributed by atoms with Gasteiger partial charge in [0.25, 0.3) is 0 Å². The van der Waals surface area contributed by atoms with E-state index in [0.717, 1.165) is 11.4 Å². The Labute approximate surface area is 109 Å². The molecule has 0 saturated carbocycles. The minimum Gasteiger partial charge on any atom is -0.303 e. The highest BCUT2D eigenvalue weighted by Gasteiger charge is 2.30. The van der Waals surface area contributed by atoms with E-state index in [0.29, 0.717) is 0 Å². The number of halogens is 1. The molecule has 0 radical (unpaired) electrons. The van der Waals surface area contributed by atoms with Crippen molar-refractivity contribution in [2.24, 2.45) is 5.84 Å². The molecule has 3 N–H and O–H groups in total. The van der Waals surface area contributed by atoms with Crippen molar-refractivity contribution < 1.29 is 0 Å². The maximum atomic E-state index is 5.99. The van der Waals surface area contributed by atoms with Gasteiger partial charge < -0.3 is 4.90 Å². The van der Waals surface area contributed by atoms with Crippen LogP contribution in [0.5, 0.6) is 0 Å². The SMILES string of the molecule is CN(C)C(C)(C)C(Cc1cccc(Cl)c1)NN. The van der Waals surface area contributed by atoms with E-state index in [-0.39, 0.29) is 11.6 Å². The lowest BCUT2D eigenvalue weighted by Gasteiger charge is -2.40. The number of nitrogens with zero attached hydrogens (tertiary/aromatic N) is 1. The van der Waals surface area contributed by atoms with Crippen LogP contribution in [0.15, 0.2) is 24.3 Å². The van der Waals surface area contributed by atoms with Gasteiger partial charge in [-0.15, -0.1) is 0 Å². The molecule has 0 bridgehead atoms. The van der Waals surface area contributed by atoms with Gasteiger partial charge in [0.05, 0.1) is 0 Å². The molecule has 17 heavy (non-hydrogen) atoms. The van der Waals surface area contributed by atoms with Gasteiger partial charge >= 0.3 is 0 Å². The molecule has 3 nitrogen and oxygen atoms in total. The Kier molecular flexibility index (Phi) is 4.95. The van der Waals surface area contributed by atoms with E-state index in [1.807, 2.05) is 18.2 Å². The van der Waals surface area contributed by atoms with Gasteiger partial charge in [-0.2, -0.15) is 0 Å². The quantitative estimate of drug-likeness (QED) is 0.625. The maximum Gasteiger partial charge on any atom is 0.0429 e. The molecule has 0 saturated heterocycles. The number of nitrogens with two attached hydrogens (primary N) is 1. The zero-order valence-electron chi connectivity index (χ0n) is 11.0. The monoisotopic (exact) mass is 255 g/mol. The van der Waals surface area contributed by atoms with Gasteiger partial charge in [0.15, 0.2) is 0 Å². The summed E-state index contributed by atoms with van der Waals surface area (Å²) in [5, 5.41) is 0.765. The molecule has 1 rings (SSSR count). The number of rotatable bonds is 5. The van der Waals surface area contributed by atoms with Crippen molar-refractivity contribution in [3.05, 3.63) is 34.9 Å². The highest BCUT2D eigenvalue weighted by atomic mass is 35.5. The first-order valence-corrected chi connectivity index (χ1v) is 6.13. The molecule has 0 aliphatic heterocycles. The van der Waals surface area contributed by atoms with Crippen LogP contribution in [0.3, 0.4) is 0 Å². The lowest BCUT2D eigenvalue weighted by Crippen LogP contribution is -2.58. The predicted octanol–water partition coefficient (Wildman–Crippen LogP) is 2.05. The van der Waals surface area contributed by atoms with Crippen molar-refractivity contribution in [3.8, 4) is 0 Å². The highest BCUT2D eigenvalue weighted by Crippen LogP contribution is 2.20. The van der Waals surface area contributed by atoms with Gasteiger partial charge in [0.1, 0.15) is 0 Å². The minimum absolute atomic E-state index is 0.0307. The van der Waals surface area contributed by atoms with E-state index >= 15 is 0 Å². The van der Waals surface area contributed by atoms with Crippen LogP contribution in [0.4, 0.5) is 0 Å². The molecule has 0 heterocycles. The molecule has 1 atom stereocenters. The van der Waals surface area contributed by atoms with E-state index in [9.17, 15) is 0 Å². The number of nitrogens with one attached hydrogen (secondary N) is 1. The Morgan fingerprint density at radius 1 is 1.41 bits per heavy atom. The molecule has 96 valence electrons. The zero-order chi connectivity index (χ0) is 13.1. The summed E-state index contributed by atoms with van der Waals surface area (Å²) in [4.78, 5) is 2.17. The fourth-order valence-corrected chi connectivity index (χ4v) is 1.94. The fourth-order valence-electron chi connectivity index (χ4n) is 1.72. The molecule has 0 spiro atoms. The van der Waals surface area contributed by atoms with Crippen LogP contribution in [0.2, 0.25) is 5.02 Å². The van der Waals surface area contributed by atoms with Gasteiger partial charge in [-0.1, -0.05) is 23.7 Å². The number of likely N-dealkylation sites (N-methyl/N-ethyl adjacent to an activating group) is 1. The van der Waals surface area contributed by atoms with Crippen molar-refractivity contribution in [1.82, 2.24) is 10.3 Å². The fraction of sp³-hybridized carbons (Fsp3) is 0.538. The second-order valence-corrected chi connectivity index (χ2v) is 5.54. The number of benzene rings is 1. The van der Waals surface area contributed by atoms with Crippen LogP contribution in [0.25, 0.3) is 0 Å². The molecule has 4 heteroatoms. The van der Waals surface area contributed by atoms with Crippen molar-refractivity contribution in [1.29, 1.82) is 0 Å². The summed E-state index contributed by atoms with van der Waals surface area (Å²) in [6.07, 6.45) is 0.849. The van der Waals surface area contributed by atoms with Gasteiger partial charge in [-0.3, -0.25) is 11.3 Å². The summed E-state index contributed by atoms with van der Waals surface area (Å²) in [5.74, 6) is 5.67. The van der Waals surface area contributed by atoms with E-state index in [1.165, 1.54) is 5.56 Å². The molecule has 1 aromatic rings. The molecular formula is C13H22ClN3. The van der Waals surface area contributed by atoms with Gasteiger partial charge in [-0.05, 0) is 52.1 Å². The van der Waals surface area contributed by atoms with Crippen LogP contribution < -0.4 is 11.3 Å². The number of hydrogen-bond acceptors (Lipinski definition) is 3. The summed E-state index contributed by atoms with van der Waals surface area (Å²) in [6.45, 7) is 4.34. The second kappa shape index (κ2) is 5.83. The molecule has 0 amide bonds. The summed E-state index contributed by atoms with van der Waals surface area (Å²) >= 11 is 5.99. The van der Waals surface area contributed by atoms with Crippen LogP contribution in [0, 0.1) is 0 Å². The zero-order valence-corrected chi connectivity index (χ0v) is 11.8. The third-order valence-electron chi connectivity index (χ3n) is 3.54. The molecule has 1 unspecified atom stereocenters. The normalized spacial score (nSPS) is 14.1. The molecule has 0 aliphatic rings. The first-order valence-electron chi connectivity index (χ1n) is 5.76. The number of hydrogen-bond donors (Lipinski definition) is 2. The highest BCUT2D eigenvalue weighted by molar-refractivity contribution is 6.30. The Balaban J connectivity index is 2.84. The Hall–Kier alpha value is -0.610. The average molecular weight is 256 g/mol. The van der Waals surface area contributed by atoms with E-state index < -0.39 is 0 Å². The van der Waals surface area contributed by atoms with Crippen molar-refractivity contribution in [2.75, 3.05) is 14.1 Å². The Morgan fingerprint density at radius 3 is 2.53 bits per heavy atom. The number of hydrazine groups is 1. The van der Waals surface area contributed by atoms with E-state index in [1.54, 1.807) is 0 Å². The van der Waals surface area contributed by atoms with Gasteiger partial charge in [0, 0.05) is 16.6 Å². The smallest absolute Gasteiger partial charge is 0.0429 e. The first kappa shape index (κ1) is 14.5. The molecule has 1 aromatic carbocycles. The molecule has 0 aromatic heterocycles. The minimum atomic E-state index is -0.0307. The topological polar surface area (TPSA) is 41.3 Å². The maximum absolute atomic E-state index is 5.99. The summed E-state index contributed by atoms with van der Waals surface area (Å²) in [5.41, 5.74) is 4.07.